The molecule has 2 N–H and O–H groups in total. The molecule has 3 aliphatic heterocycles. The molecule has 0 radical (unpaired) electrons. The van der Waals surface area contributed by atoms with Crippen LogP contribution in [0.4, 0.5) is 0 Å². The maximum atomic E-state index is 12.1. The summed E-state index contributed by atoms with van der Waals surface area (Å²) in [5.41, 5.74) is 0. The van der Waals surface area contributed by atoms with Gasteiger partial charge in [0.05, 0.1) is 5.92 Å². The predicted octanol–water partition coefficient (Wildman–Crippen LogP) is -0.441. The maximum Gasteiger partial charge on any atom is 0.228 e. The number of amides is 1. The van der Waals surface area contributed by atoms with Crippen LogP contribution >= 0.6 is 0 Å². The topological polar surface area (TPSA) is 44.4 Å². The summed E-state index contributed by atoms with van der Waals surface area (Å²) in [5.74, 6) is 0.649. The minimum Gasteiger partial charge on any atom is -0.339 e. The summed E-state index contributed by atoms with van der Waals surface area (Å²) in [6, 6.07) is 1.13. The van der Waals surface area contributed by atoms with Crippen LogP contribution in [0.1, 0.15) is 19.3 Å². The number of nitrogens with zero attached hydrogens (tertiary/aromatic N) is 1. The lowest BCUT2D eigenvalue weighted by Crippen LogP contribution is -2.63. The standard InChI is InChI=1S/C11H19N3O/c15-11(8-4-12-5-8)14-6-9-2-1-3-10(7-14)13-9/h8-10,12-13H,1-7H2. The third-order valence-electron chi connectivity index (χ3n) is 3.90. The molecular formula is C11H19N3O. The Balaban J connectivity index is 1.63. The lowest BCUT2D eigenvalue weighted by molar-refractivity contribution is -0.139. The van der Waals surface area contributed by atoms with Crippen molar-refractivity contribution < 1.29 is 4.79 Å². The smallest absolute Gasteiger partial charge is 0.228 e. The van der Waals surface area contributed by atoms with E-state index in [2.05, 4.69) is 15.5 Å². The molecule has 0 aromatic carbocycles. The molecule has 0 aliphatic carbocycles. The van der Waals surface area contributed by atoms with Crippen LogP contribution in [-0.2, 0) is 4.79 Å². The average molecular weight is 209 g/mol. The second kappa shape index (κ2) is 3.76. The first-order chi connectivity index (χ1) is 7.33. The second-order valence-corrected chi connectivity index (χ2v) is 5.09. The number of hydrogen-bond donors (Lipinski definition) is 2. The molecule has 2 bridgehead atoms. The Kier molecular flexibility index (Phi) is 2.41. The van der Waals surface area contributed by atoms with E-state index in [1.165, 1.54) is 19.3 Å². The van der Waals surface area contributed by atoms with Crippen molar-refractivity contribution in [2.75, 3.05) is 26.2 Å². The summed E-state index contributed by atoms with van der Waals surface area (Å²) < 4.78 is 0. The van der Waals surface area contributed by atoms with E-state index in [0.717, 1.165) is 26.2 Å². The van der Waals surface area contributed by atoms with Crippen LogP contribution in [0.25, 0.3) is 0 Å². The molecule has 2 unspecified atom stereocenters. The van der Waals surface area contributed by atoms with Gasteiger partial charge in [-0.2, -0.15) is 0 Å². The number of piperazine rings is 1. The minimum absolute atomic E-state index is 0.267. The zero-order chi connectivity index (χ0) is 10.3. The molecule has 4 heteroatoms. The van der Waals surface area contributed by atoms with Crippen molar-refractivity contribution in [3.05, 3.63) is 0 Å². The number of rotatable bonds is 1. The van der Waals surface area contributed by atoms with Crippen molar-refractivity contribution >= 4 is 5.91 Å². The highest BCUT2D eigenvalue weighted by atomic mass is 16.2. The first-order valence-corrected chi connectivity index (χ1v) is 6.08. The molecule has 3 fully saturated rings. The summed E-state index contributed by atoms with van der Waals surface area (Å²) >= 11 is 0. The van der Waals surface area contributed by atoms with E-state index in [-0.39, 0.29) is 5.92 Å². The van der Waals surface area contributed by atoms with Gasteiger partial charge in [-0.25, -0.2) is 0 Å². The molecule has 2 atom stereocenters. The summed E-state index contributed by atoms with van der Waals surface area (Å²) in [6.45, 7) is 3.65. The summed E-state index contributed by atoms with van der Waals surface area (Å²) in [5, 5.41) is 6.77. The zero-order valence-corrected chi connectivity index (χ0v) is 9.04. The quantitative estimate of drug-likeness (QED) is 0.615. The third-order valence-corrected chi connectivity index (χ3v) is 3.90. The molecule has 0 saturated carbocycles. The van der Waals surface area contributed by atoms with Crippen molar-refractivity contribution in [2.45, 2.75) is 31.3 Å². The van der Waals surface area contributed by atoms with Gasteiger partial charge in [0.25, 0.3) is 0 Å². The van der Waals surface area contributed by atoms with E-state index >= 15 is 0 Å². The monoisotopic (exact) mass is 209 g/mol. The Labute approximate surface area is 90.4 Å². The SMILES string of the molecule is O=C(C1CNC1)N1CC2CCCC(C1)N2. The van der Waals surface area contributed by atoms with Crippen molar-refractivity contribution in [1.82, 2.24) is 15.5 Å². The largest absolute Gasteiger partial charge is 0.339 e. The van der Waals surface area contributed by atoms with Crippen LogP contribution in [0.5, 0.6) is 0 Å². The average Bonchev–Trinajstić information content (AvgIpc) is 2.14. The zero-order valence-electron chi connectivity index (χ0n) is 9.04. The van der Waals surface area contributed by atoms with Crippen LogP contribution < -0.4 is 10.6 Å². The van der Waals surface area contributed by atoms with E-state index in [1.54, 1.807) is 0 Å². The molecule has 0 aromatic heterocycles. The van der Waals surface area contributed by atoms with Gasteiger partial charge in [-0.3, -0.25) is 4.79 Å². The Morgan fingerprint density at radius 2 is 1.80 bits per heavy atom. The van der Waals surface area contributed by atoms with E-state index in [9.17, 15) is 4.79 Å². The number of fused-ring (bicyclic) bond motifs is 2. The lowest BCUT2D eigenvalue weighted by Gasteiger charge is -2.44. The highest BCUT2D eigenvalue weighted by molar-refractivity contribution is 5.80. The van der Waals surface area contributed by atoms with Gasteiger partial charge in [-0.05, 0) is 12.8 Å². The number of piperidine rings is 1. The van der Waals surface area contributed by atoms with Gasteiger partial charge in [-0.15, -0.1) is 0 Å². The van der Waals surface area contributed by atoms with Gasteiger partial charge in [0.2, 0.25) is 5.91 Å². The van der Waals surface area contributed by atoms with Gasteiger partial charge < -0.3 is 15.5 Å². The van der Waals surface area contributed by atoms with Gasteiger partial charge >= 0.3 is 0 Å². The van der Waals surface area contributed by atoms with E-state index in [0.29, 0.717) is 18.0 Å². The Morgan fingerprint density at radius 3 is 2.33 bits per heavy atom. The van der Waals surface area contributed by atoms with Crippen LogP contribution in [0, 0.1) is 5.92 Å². The number of carbonyl (C=O) groups excluding carboxylic acids is 1. The molecule has 1 amide bonds. The van der Waals surface area contributed by atoms with Crippen molar-refractivity contribution in [2.24, 2.45) is 5.92 Å². The molecule has 3 heterocycles. The molecular weight excluding hydrogens is 190 g/mol. The van der Waals surface area contributed by atoms with E-state index in [1.807, 2.05) is 0 Å². The molecule has 3 saturated heterocycles. The van der Waals surface area contributed by atoms with Crippen LogP contribution in [-0.4, -0.2) is 49.1 Å². The first kappa shape index (κ1) is 9.60. The van der Waals surface area contributed by atoms with Crippen molar-refractivity contribution in [3.63, 3.8) is 0 Å². The first-order valence-electron chi connectivity index (χ1n) is 6.08. The molecule has 15 heavy (non-hydrogen) atoms. The molecule has 84 valence electrons. The Morgan fingerprint density at radius 1 is 1.13 bits per heavy atom. The lowest BCUT2D eigenvalue weighted by atomic mass is 9.92. The molecule has 0 aromatic rings. The van der Waals surface area contributed by atoms with Crippen LogP contribution in [0.2, 0.25) is 0 Å². The summed E-state index contributed by atoms with van der Waals surface area (Å²) in [4.78, 5) is 14.2. The highest BCUT2D eigenvalue weighted by Gasteiger charge is 2.36. The minimum atomic E-state index is 0.267. The van der Waals surface area contributed by atoms with Crippen LogP contribution in [0.3, 0.4) is 0 Å². The highest BCUT2D eigenvalue weighted by Crippen LogP contribution is 2.21. The van der Waals surface area contributed by atoms with Gasteiger partial charge in [0, 0.05) is 38.3 Å². The Hall–Kier alpha value is -0.610. The van der Waals surface area contributed by atoms with Gasteiger partial charge in [0.15, 0.2) is 0 Å². The van der Waals surface area contributed by atoms with E-state index < -0.39 is 0 Å². The number of nitrogens with one attached hydrogen (secondary N) is 2. The number of hydrogen-bond acceptors (Lipinski definition) is 3. The summed E-state index contributed by atoms with van der Waals surface area (Å²) in [6.07, 6.45) is 3.81. The third kappa shape index (κ3) is 1.76. The van der Waals surface area contributed by atoms with Gasteiger partial charge in [-0.1, -0.05) is 6.42 Å². The fourth-order valence-electron chi connectivity index (χ4n) is 2.91. The maximum absolute atomic E-state index is 12.1. The second-order valence-electron chi connectivity index (χ2n) is 5.09. The molecule has 4 nitrogen and oxygen atoms in total. The predicted molar refractivity (Wildman–Crippen MR) is 57.5 cm³/mol. The normalized spacial score (nSPS) is 36.1. The fourth-order valence-corrected chi connectivity index (χ4v) is 2.91. The summed E-state index contributed by atoms with van der Waals surface area (Å²) in [7, 11) is 0. The van der Waals surface area contributed by atoms with Crippen molar-refractivity contribution in [3.8, 4) is 0 Å². The molecule has 3 aliphatic rings. The number of likely N-dealkylation sites (tertiary alicyclic amines) is 1. The van der Waals surface area contributed by atoms with Gasteiger partial charge in [0.1, 0.15) is 0 Å². The van der Waals surface area contributed by atoms with Crippen LogP contribution in [0.15, 0.2) is 0 Å². The Bertz CT molecular complexity index is 253. The van der Waals surface area contributed by atoms with Crippen molar-refractivity contribution in [1.29, 1.82) is 0 Å². The number of carbonyl (C=O) groups is 1. The molecule has 0 spiro atoms. The van der Waals surface area contributed by atoms with E-state index in [4.69, 9.17) is 0 Å². The fraction of sp³-hybridized carbons (Fsp3) is 0.909. The molecule has 3 rings (SSSR count).